The van der Waals surface area contributed by atoms with E-state index in [0.29, 0.717) is 11.3 Å². The van der Waals surface area contributed by atoms with Crippen molar-refractivity contribution in [3.63, 3.8) is 0 Å². The molecule has 0 amide bonds. The van der Waals surface area contributed by atoms with Gasteiger partial charge in [0, 0.05) is 37.1 Å². The van der Waals surface area contributed by atoms with Gasteiger partial charge in [-0.25, -0.2) is 4.98 Å². The van der Waals surface area contributed by atoms with Crippen LogP contribution in [0.3, 0.4) is 0 Å². The zero-order valence-corrected chi connectivity index (χ0v) is 14.3. The molecule has 1 fully saturated rings. The van der Waals surface area contributed by atoms with Crippen molar-refractivity contribution in [3.05, 3.63) is 16.2 Å². The van der Waals surface area contributed by atoms with Crippen molar-refractivity contribution in [2.45, 2.75) is 33.2 Å². The third kappa shape index (κ3) is 3.00. The second-order valence-electron chi connectivity index (χ2n) is 5.72. The summed E-state index contributed by atoms with van der Waals surface area (Å²) in [4.78, 5) is 16.1. The first kappa shape index (κ1) is 15.0. The molecule has 2 aromatic rings. The molecule has 0 unspecified atom stereocenters. The second kappa shape index (κ2) is 6.07. The average molecular weight is 325 g/mol. The van der Waals surface area contributed by atoms with Crippen LogP contribution in [0.15, 0.2) is 6.07 Å². The Morgan fingerprint density at radius 2 is 1.95 bits per heavy atom. The van der Waals surface area contributed by atoms with Gasteiger partial charge in [-0.3, -0.25) is 4.90 Å². The summed E-state index contributed by atoms with van der Waals surface area (Å²) in [6.07, 6.45) is 1.03. The molecule has 2 aromatic heterocycles. The predicted octanol–water partition coefficient (Wildman–Crippen LogP) is 3.44. The van der Waals surface area contributed by atoms with E-state index < -0.39 is 0 Å². The number of aryl methyl sites for hydroxylation is 1. The van der Waals surface area contributed by atoms with E-state index in [4.69, 9.17) is 11.6 Å². The van der Waals surface area contributed by atoms with Gasteiger partial charge in [0.25, 0.3) is 0 Å². The highest BCUT2D eigenvalue weighted by Crippen LogP contribution is 2.32. The molecule has 0 bridgehead atoms. The van der Waals surface area contributed by atoms with Crippen molar-refractivity contribution >= 4 is 39.0 Å². The molecule has 0 radical (unpaired) electrons. The maximum absolute atomic E-state index is 6.12. The molecule has 114 valence electrons. The molecule has 0 atom stereocenters. The lowest BCUT2D eigenvalue weighted by molar-refractivity contribution is 0.209. The Morgan fingerprint density at radius 1 is 1.24 bits per heavy atom. The van der Waals surface area contributed by atoms with Crippen molar-refractivity contribution in [1.82, 2.24) is 14.9 Å². The van der Waals surface area contributed by atoms with Crippen LogP contribution < -0.4 is 4.90 Å². The van der Waals surface area contributed by atoms with Gasteiger partial charge in [0.2, 0.25) is 5.28 Å². The van der Waals surface area contributed by atoms with Crippen LogP contribution in [0, 0.1) is 0 Å². The number of thiophene rings is 1. The number of anilines is 1. The zero-order valence-electron chi connectivity index (χ0n) is 12.8. The molecule has 4 nitrogen and oxygen atoms in total. The highest BCUT2D eigenvalue weighted by atomic mass is 35.5. The van der Waals surface area contributed by atoms with E-state index in [0.717, 1.165) is 48.6 Å². The van der Waals surface area contributed by atoms with Gasteiger partial charge >= 0.3 is 0 Å². The minimum atomic E-state index is 0.355. The smallest absolute Gasteiger partial charge is 0.225 e. The van der Waals surface area contributed by atoms with Gasteiger partial charge in [-0.15, -0.1) is 11.3 Å². The van der Waals surface area contributed by atoms with Crippen molar-refractivity contribution in [3.8, 4) is 0 Å². The molecule has 0 N–H and O–H groups in total. The van der Waals surface area contributed by atoms with E-state index in [1.807, 2.05) is 0 Å². The lowest BCUT2D eigenvalue weighted by Gasteiger charge is -2.37. The highest BCUT2D eigenvalue weighted by Gasteiger charge is 2.22. The van der Waals surface area contributed by atoms with Crippen LogP contribution in [0.5, 0.6) is 0 Å². The quantitative estimate of drug-likeness (QED) is 0.810. The molecule has 1 aliphatic rings. The number of nitrogens with zero attached hydrogens (tertiary/aromatic N) is 4. The molecule has 0 spiro atoms. The summed E-state index contributed by atoms with van der Waals surface area (Å²) in [7, 11) is 0. The third-order valence-corrected chi connectivity index (χ3v) is 5.43. The van der Waals surface area contributed by atoms with E-state index in [9.17, 15) is 0 Å². The second-order valence-corrected chi connectivity index (χ2v) is 7.17. The lowest BCUT2D eigenvalue weighted by Crippen LogP contribution is -2.49. The Hall–Kier alpha value is -0.910. The van der Waals surface area contributed by atoms with Gasteiger partial charge in [0.15, 0.2) is 0 Å². The third-order valence-electron chi connectivity index (χ3n) is 4.09. The minimum Gasteiger partial charge on any atom is -0.353 e. The largest absolute Gasteiger partial charge is 0.353 e. The summed E-state index contributed by atoms with van der Waals surface area (Å²) in [5, 5.41) is 1.51. The summed E-state index contributed by atoms with van der Waals surface area (Å²) >= 11 is 7.84. The Labute approximate surface area is 134 Å². The molecule has 3 heterocycles. The fourth-order valence-corrected chi connectivity index (χ4v) is 3.97. The van der Waals surface area contributed by atoms with E-state index in [2.05, 4.69) is 46.6 Å². The fraction of sp³-hybridized carbons (Fsp3) is 0.600. The normalized spacial score (nSPS) is 17.1. The van der Waals surface area contributed by atoms with Crippen molar-refractivity contribution in [1.29, 1.82) is 0 Å². The summed E-state index contributed by atoms with van der Waals surface area (Å²) in [6, 6.07) is 2.83. The Bertz CT molecular complexity index is 632. The Kier molecular flexibility index (Phi) is 4.33. The maximum atomic E-state index is 6.12. The van der Waals surface area contributed by atoms with Gasteiger partial charge in [0.05, 0.1) is 5.39 Å². The van der Waals surface area contributed by atoms with Crippen LogP contribution in [0.1, 0.15) is 25.6 Å². The molecule has 21 heavy (non-hydrogen) atoms. The first-order chi connectivity index (χ1) is 10.1. The van der Waals surface area contributed by atoms with Crippen LogP contribution >= 0.6 is 22.9 Å². The summed E-state index contributed by atoms with van der Waals surface area (Å²) in [5.74, 6) is 1.00. The lowest BCUT2D eigenvalue weighted by atomic mass is 10.2. The minimum absolute atomic E-state index is 0.355. The van der Waals surface area contributed by atoms with Crippen LogP contribution in [0.2, 0.25) is 5.28 Å². The first-order valence-electron chi connectivity index (χ1n) is 7.53. The average Bonchev–Trinajstić information content (AvgIpc) is 2.89. The van der Waals surface area contributed by atoms with Gasteiger partial charge in [0.1, 0.15) is 10.6 Å². The summed E-state index contributed by atoms with van der Waals surface area (Å²) in [6.45, 7) is 10.8. The monoisotopic (exact) mass is 324 g/mol. The number of halogens is 1. The van der Waals surface area contributed by atoms with Crippen LogP contribution in [-0.2, 0) is 6.42 Å². The van der Waals surface area contributed by atoms with E-state index in [1.165, 1.54) is 4.88 Å². The number of aromatic nitrogens is 2. The molecule has 0 aliphatic carbocycles. The standard InChI is InChI=1S/C15H21ClN4S/c1-4-11-9-12-13(17-15(16)18-14(12)21-11)20-7-5-19(6-8-20)10(2)3/h9-10H,4-8H2,1-3H3. The van der Waals surface area contributed by atoms with Crippen LogP contribution in [-0.4, -0.2) is 47.1 Å². The first-order valence-corrected chi connectivity index (χ1v) is 8.73. The maximum Gasteiger partial charge on any atom is 0.225 e. The van der Waals surface area contributed by atoms with Crippen molar-refractivity contribution in [2.75, 3.05) is 31.1 Å². The summed E-state index contributed by atoms with van der Waals surface area (Å²) in [5.41, 5.74) is 0. The Balaban J connectivity index is 1.91. The topological polar surface area (TPSA) is 32.3 Å². The summed E-state index contributed by atoms with van der Waals surface area (Å²) < 4.78 is 0. The van der Waals surface area contributed by atoms with Gasteiger partial charge < -0.3 is 4.90 Å². The van der Waals surface area contributed by atoms with Crippen molar-refractivity contribution < 1.29 is 0 Å². The molecule has 6 heteroatoms. The SMILES string of the molecule is CCc1cc2c(N3CCN(C(C)C)CC3)nc(Cl)nc2s1. The Morgan fingerprint density at radius 3 is 2.57 bits per heavy atom. The van der Waals surface area contributed by atoms with Crippen LogP contribution in [0.25, 0.3) is 10.2 Å². The molecule has 0 saturated carbocycles. The van der Waals surface area contributed by atoms with Crippen molar-refractivity contribution in [2.24, 2.45) is 0 Å². The van der Waals surface area contributed by atoms with E-state index >= 15 is 0 Å². The molecule has 1 aliphatic heterocycles. The molecular weight excluding hydrogens is 304 g/mol. The van der Waals surface area contributed by atoms with Gasteiger partial charge in [-0.1, -0.05) is 6.92 Å². The fourth-order valence-electron chi connectivity index (χ4n) is 2.80. The predicted molar refractivity (Wildman–Crippen MR) is 90.7 cm³/mol. The molecule has 3 rings (SSSR count). The van der Waals surface area contributed by atoms with Crippen LogP contribution in [0.4, 0.5) is 5.82 Å². The number of fused-ring (bicyclic) bond motifs is 1. The van der Waals surface area contributed by atoms with E-state index in [-0.39, 0.29) is 0 Å². The molecule has 1 saturated heterocycles. The zero-order chi connectivity index (χ0) is 15.0. The van der Waals surface area contributed by atoms with E-state index in [1.54, 1.807) is 11.3 Å². The van der Waals surface area contributed by atoms with Gasteiger partial charge in [-0.05, 0) is 37.9 Å². The number of piperazine rings is 1. The molecular formula is C15H21ClN4S. The van der Waals surface area contributed by atoms with Gasteiger partial charge in [-0.2, -0.15) is 4.98 Å². The number of rotatable bonds is 3. The number of hydrogen-bond acceptors (Lipinski definition) is 5. The number of hydrogen-bond donors (Lipinski definition) is 0. The molecule has 0 aromatic carbocycles. The highest BCUT2D eigenvalue weighted by molar-refractivity contribution is 7.18.